The van der Waals surface area contributed by atoms with Crippen LogP contribution in [0.15, 0.2) is 29.4 Å². The van der Waals surface area contributed by atoms with Gasteiger partial charge >= 0.3 is 0 Å². The van der Waals surface area contributed by atoms with Gasteiger partial charge in [-0.2, -0.15) is 0 Å². The second kappa shape index (κ2) is 4.55. The molecule has 1 atom stereocenters. The first kappa shape index (κ1) is 11.4. The molecule has 3 rings (SSSR count). The summed E-state index contributed by atoms with van der Waals surface area (Å²) in [6.07, 6.45) is 3.46. The number of nitrogens with zero attached hydrogens (tertiary/aromatic N) is 2. The van der Waals surface area contributed by atoms with E-state index in [1.165, 1.54) is 0 Å². The van der Waals surface area contributed by atoms with E-state index in [1.807, 2.05) is 6.20 Å². The maximum Gasteiger partial charge on any atom is 0.250 e. The summed E-state index contributed by atoms with van der Waals surface area (Å²) in [5.74, 6) is 2.84. The maximum atomic E-state index is 12.2. The minimum absolute atomic E-state index is 0.0220. The van der Waals surface area contributed by atoms with Gasteiger partial charge < -0.3 is 0 Å². The molecule has 0 saturated carbocycles. The molecule has 17 heavy (non-hydrogen) atoms. The quantitative estimate of drug-likeness (QED) is 0.794. The van der Waals surface area contributed by atoms with E-state index < -0.39 is 0 Å². The Kier molecular flexibility index (Phi) is 3.06. The van der Waals surface area contributed by atoms with Gasteiger partial charge in [0.15, 0.2) is 0 Å². The summed E-state index contributed by atoms with van der Waals surface area (Å²) in [4.78, 5) is 19.1. The van der Waals surface area contributed by atoms with Crippen molar-refractivity contribution >= 4 is 46.8 Å². The van der Waals surface area contributed by atoms with E-state index in [0.717, 1.165) is 16.4 Å². The average Bonchev–Trinajstić information content (AvgIpc) is 2.69. The van der Waals surface area contributed by atoms with Crippen LogP contribution in [-0.2, 0) is 4.79 Å². The van der Waals surface area contributed by atoms with E-state index in [2.05, 4.69) is 4.98 Å². The number of carbonyl (C=O) groups is 1. The highest BCUT2D eigenvalue weighted by Crippen LogP contribution is 2.40. The summed E-state index contributed by atoms with van der Waals surface area (Å²) >= 11 is 9.26. The molecule has 0 spiro atoms. The molecule has 3 heterocycles. The lowest BCUT2D eigenvalue weighted by Gasteiger charge is -2.18. The smallest absolute Gasteiger partial charge is 0.250 e. The van der Waals surface area contributed by atoms with E-state index >= 15 is 0 Å². The fraction of sp³-hybridized carbons (Fsp3) is 0.273. The van der Waals surface area contributed by atoms with Crippen LogP contribution >= 0.6 is 35.1 Å². The van der Waals surface area contributed by atoms with Crippen LogP contribution in [0.4, 0.5) is 5.82 Å². The second-order valence-electron chi connectivity index (χ2n) is 3.67. The number of hydrogen-bond donors (Lipinski definition) is 0. The monoisotopic (exact) mass is 284 g/mol. The SMILES string of the molecule is O=C1C2SCCSC2=CN1c1ccc(Cl)cn1. The maximum absolute atomic E-state index is 12.2. The van der Waals surface area contributed by atoms with Gasteiger partial charge in [-0.1, -0.05) is 11.6 Å². The Morgan fingerprint density at radius 2 is 2.29 bits per heavy atom. The van der Waals surface area contributed by atoms with Crippen LogP contribution in [0, 0.1) is 0 Å². The summed E-state index contributed by atoms with van der Waals surface area (Å²) in [6, 6.07) is 3.52. The third-order valence-corrected chi connectivity index (χ3v) is 5.51. The minimum Gasteiger partial charge on any atom is -0.272 e. The Hall–Kier alpha value is -0.650. The van der Waals surface area contributed by atoms with Crippen LogP contribution in [0.5, 0.6) is 0 Å². The molecular weight excluding hydrogens is 276 g/mol. The molecule has 1 aromatic heterocycles. The van der Waals surface area contributed by atoms with Crippen molar-refractivity contribution in [2.24, 2.45) is 0 Å². The summed E-state index contributed by atoms with van der Waals surface area (Å²) < 4.78 is 0. The molecule has 6 heteroatoms. The molecular formula is C11H9ClN2OS2. The number of carbonyl (C=O) groups excluding carboxylic acids is 1. The number of rotatable bonds is 1. The first-order valence-corrected chi connectivity index (χ1v) is 7.58. The molecule has 1 aromatic rings. The van der Waals surface area contributed by atoms with Gasteiger partial charge in [0, 0.05) is 28.8 Å². The van der Waals surface area contributed by atoms with Crippen molar-refractivity contribution in [3.8, 4) is 0 Å². The molecule has 1 unspecified atom stereocenters. The largest absolute Gasteiger partial charge is 0.272 e. The third kappa shape index (κ3) is 2.07. The van der Waals surface area contributed by atoms with E-state index in [0.29, 0.717) is 10.8 Å². The van der Waals surface area contributed by atoms with Crippen molar-refractivity contribution < 1.29 is 4.79 Å². The summed E-state index contributed by atoms with van der Waals surface area (Å²) in [7, 11) is 0. The number of amides is 1. The number of hydrogen-bond acceptors (Lipinski definition) is 4. The fourth-order valence-electron chi connectivity index (χ4n) is 1.79. The van der Waals surface area contributed by atoms with Crippen LogP contribution < -0.4 is 4.90 Å². The number of aromatic nitrogens is 1. The van der Waals surface area contributed by atoms with Gasteiger partial charge in [-0.15, -0.1) is 23.5 Å². The molecule has 3 nitrogen and oxygen atoms in total. The predicted molar refractivity (Wildman–Crippen MR) is 73.5 cm³/mol. The zero-order valence-electron chi connectivity index (χ0n) is 8.80. The molecule has 2 aliphatic rings. The number of pyridine rings is 1. The van der Waals surface area contributed by atoms with Gasteiger partial charge in [0.2, 0.25) is 5.91 Å². The molecule has 1 amide bonds. The fourth-order valence-corrected chi connectivity index (χ4v) is 4.41. The second-order valence-corrected chi connectivity index (χ2v) is 6.49. The van der Waals surface area contributed by atoms with Gasteiger partial charge in [0.05, 0.1) is 5.02 Å². The molecule has 0 aliphatic carbocycles. The normalized spacial score (nSPS) is 23.6. The van der Waals surface area contributed by atoms with Gasteiger partial charge in [-0.25, -0.2) is 4.98 Å². The summed E-state index contributed by atoms with van der Waals surface area (Å²) in [5.41, 5.74) is 0. The number of halogens is 1. The molecule has 1 saturated heterocycles. The Bertz CT molecular complexity index is 489. The molecule has 0 bridgehead atoms. The zero-order chi connectivity index (χ0) is 11.8. The average molecular weight is 285 g/mol. The topological polar surface area (TPSA) is 33.2 Å². The molecule has 0 radical (unpaired) electrons. The standard InChI is InChI=1S/C11H9ClN2OS2/c12-7-1-2-9(13-5-7)14-6-8-10(11(14)15)17-4-3-16-8/h1-2,5-6,10H,3-4H2. The first-order chi connectivity index (χ1) is 8.25. The third-order valence-electron chi connectivity index (χ3n) is 2.57. The molecule has 88 valence electrons. The van der Waals surface area contributed by atoms with E-state index in [1.54, 1.807) is 46.8 Å². The number of anilines is 1. The highest BCUT2D eigenvalue weighted by Gasteiger charge is 2.37. The summed E-state index contributed by atoms with van der Waals surface area (Å²) in [5, 5.41) is 0.556. The Morgan fingerprint density at radius 3 is 3.00 bits per heavy atom. The molecule has 0 N–H and O–H groups in total. The van der Waals surface area contributed by atoms with Crippen molar-refractivity contribution in [2.75, 3.05) is 16.4 Å². The van der Waals surface area contributed by atoms with E-state index in [4.69, 9.17) is 11.6 Å². The highest BCUT2D eigenvalue weighted by molar-refractivity contribution is 8.09. The lowest BCUT2D eigenvalue weighted by molar-refractivity contribution is -0.116. The van der Waals surface area contributed by atoms with Crippen LogP contribution in [0.25, 0.3) is 0 Å². The minimum atomic E-state index is -0.0220. The van der Waals surface area contributed by atoms with Gasteiger partial charge in [-0.05, 0) is 12.1 Å². The summed E-state index contributed by atoms with van der Waals surface area (Å²) in [6.45, 7) is 0. The number of thioether (sulfide) groups is 2. The van der Waals surface area contributed by atoms with Gasteiger partial charge in [0.1, 0.15) is 11.1 Å². The van der Waals surface area contributed by atoms with Gasteiger partial charge in [-0.3, -0.25) is 9.69 Å². The van der Waals surface area contributed by atoms with Crippen LogP contribution in [0.2, 0.25) is 5.02 Å². The van der Waals surface area contributed by atoms with Crippen molar-refractivity contribution in [2.45, 2.75) is 5.25 Å². The lowest BCUT2D eigenvalue weighted by atomic mass is 10.4. The van der Waals surface area contributed by atoms with Crippen LogP contribution in [0.1, 0.15) is 0 Å². The van der Waals surface area contributed by atoms with Crippen LogP contribution in [-0.4, -0.2) is 27.6 Å². The number of fused-ring (bicyclic) bond motifs is 1. The van der Waals surface area contributed by atoms with Crippen molar-refractivity contribution in [3.63, 3.8) is 0 Å². The Labute approximate surface area is 113 Å². The van der Waals surface area contributed by atoms with E-state index in [9.17, 15) is 4.79 Å². The first-order valence-electron chi connectivity index (χ1n) is 5.16. The molecule has 1 fully saturated rings. The zero-order valence-corrected chi connectivity index (χ0v) is 11.2. The van der Waals surface area contributed by atoms with Crippen molar-refractivity contribution in [3.05, 3.63) is 34.5 Å². The van der Waals surface area contributed by atoms with Crippen molar-refractivity contribution in [1.82, 2.24) is 4.98 Å². The lowest BCUT2D eigenvalue weighted by Crippen LogP contribution is -2.29. The van der Waals surface area contributed by atoms with Gasteiger partial charge in [0.25, 0.3) is 0 Å². The Morgan fingerprint density at radius 1 is 1.41 bits per heavy atom. The predicted octanol–water partition coefficient (Wildman–Crippen LogP) is 2.77. The molecule has 0 aromatic carbocycles. The van der Waals surface area contributed by atoms with Crippen LogP contribution in [0.3, 0.4) is 0 Å². The Balaban J connectivity index is 1.92. The highest BCUT2D eigenvalue weighted by atomic mass is 35.5. The van der Waals surface area contributed by atoms with E-state index in [-0.39, 0.29) is 11.2 Å². The van der Waals surface area contributed by atoms with Crippen molar-refractivity contribution in [1.29, 1.82) is 0 Å². The molecule has 2 aliphatic heterocycles.